The minimum absolute atomic E-state index is 0.0109. The Labute approximate surface area is 215 Å². The maximum Gasteiger partial charge on any atom is 0.381 e. The summed E-state index contributed by atoms with van der Waals surface area (Å²) in [5.74, 6) is -0.903. The molecular formula is C28H32N5O4+. The van der Waals surface area contributed by atoms with Gasteiger partial charge in [0.05, 0.1) is 17.5 Å². The number of benzene rings is 1. The SMILES string of the molecule is CNc1nc(-c2ccc(C(=O)O)cc2)ccc1C(=O)[N+]1(C(C)C)N=CC2=C1C(=O)CC1(CCNCC1)C2. The fourth-order valence-electron chi connectivity index (χ4n) is 5.93. The van der Waals surface area contributed by atoms with E-state index in [2.05, 4.69) is 15.6 Å². The van der Waals surface area contributed by atoms with Gasteiger partial charge in [-0.3, -0.25) is 4.79 Å². The molecule has 1 fully saturated rings. The van der Waals surface area contributed by atoms with Gasteiger partial charge in [-0.2, -0.15) is 0 Å². The van der Waals surface area contributed by atoms with Crippen LogP contribution in [0.25, 0.3) is 11.3 Å². The molecule has 5 rings (SSSR count). The van der Waals surface area contributed by atoms with E-state index in [1.807, 2.05) is 13.8 Å². The monoisotopic (exact) mass is 502 g/mol. The summed E-state index contributed by atoms with van der Waals surface area (Å²) < 4.78 is -0.383. The van der Waals surface area contributed by atoms with Gasteiger partial charge in [0.15, 0.2) is 0 Å². The van der Waals surface area contributed by atoms with E-state index in [9.17, 15) is 14.4 Å². The quantitative estimate of drug-likeness (QED) is 0.531. The Balaban J connectivity index is 1.53. The summed E-state index contributed by atoms with van der Waals surface area (Å²) in [6, 6.07) is 9.58. The number of ketones is 1. The molecule has 0 saturated carbocycles. The first-order valence-corrected chi connectivity index (χ1v) is 12.7. The highest BCUT2D eigenvalue weighted by atomic mass is 16.4. The number of hydrogen-bond acceptors (Lipinski definition) is 7. The van der Waals surface area contributed by atoms with Gasteiger partial charge in [-0.05, 0) is 75.9 Å². The maximum atomic E-state index is 14.2. The molecule has 1 amide bonds. The van der Waals surface area contributed by atoms with Crippen molar-refractivity contribution in [3.63, 3.8) is 0 Å². The van der Waals surface area contributed by atoms with Gasteiger partial charge in [0.1, 0.15) is 17.4 Å². The van der Waals surface area contributed by atoms with Crippen molar-refractivity contribution in [2.75, 3.05) is 25.5 Å². The number of amides is 1. The summed E-state index contributed by atoms with van der Waals surface area (Å²) >= 11 is 0. The van der Waals surface area contributed by atoms with Gasteiger partial charge in [0.2, 0.25) is 11.5 Å². The summed E-state index contributed by atoms with van der Waals surface area (Å²) in [5, 5.41) is 20.3. The van der Waals surface area contributed by atoms with Crippen LogP contribution in [-0.4, -0.2) is 64.7 Å². The third kappa shape index (κ3) is 4.08. The second-order valence-electron chi connectivity index (χ2n) is 10.5. The number of carboxylic acids is 1. The summed E-state index contributed by atoms with van der Waals surface area (Å²) in [7, 11) is 1.70. The largest absolute Gasteiger partial charge is 0.478 e. The van der Waals surface area contributed by atoms with Gasteiger partial charge >= 0.3 is 11.9 Å². The predicted octanol–water partition coefficient (Wildman–Crippen LogP) is 3.84. The number of piperidine rings is 1. The molecule has 1 saturated heterocycles. The number of Topliss-reactive ketones (excluding diaryl/α,β-unsaturated/α-hetero) is 1. The second-order valence-corrected chi connectivity index (χ2v) is 10.5. The Kier molecular flexibility index (Phi) is 6.29. The lowest BCUT2D eigenvalue weighted by atomic mass is 9.67. The number of rotatable bonds is 5. The molecule has 3 heterocycles. The number of quaternary nitrogens is 1. The molecule has 3 N–H and O–H groups in total. The summed E-state index contributed by atoms with van der Waals surface area (Å²) in [5.41, 5.74) is 3.19. The van der Waals surface area contributed by atoms with E-state index in [0.717, 1.165) is 43.5 Å². The van der Waals surface area contributed by atoms with Crippen molar-refractivity contribution in [2.24, 2.45) is 10.5 Å². The van der Waals surface area contributed by atoms with Crippen LogP contribution >= 0.6 is 0 Å². The molecule has 3 aliphatic rings. The number of carbonyl (C=O) groups is 3. The van der Waals surface area contributed by atoms with Crippen molar-refractivity contribution < 1.29 is 24.1 Å². The zero-order valence-corrected chi connectivity index (χ0v) is 21.4. The number of aromatic nitrogens is 1. The van der Waals surface area contributed by atoms with Gasteiger partial charge in [-0.15, -0.1) is 0 Å². The van der Waals surface area contributed by atoms with E-state index >= 15 is 0 Å². The molecule has 1 atom stereocenters. The van der Waals surface area contributed by atoms with Gasteiger partial charge < -0.3 is 15.7 Å². The molecule has 1 aliphatic carbocycles. The lowest BCUT2D eigenvalue weighted by molar-refractivity contribution is -0.833. The van der Waals surface area contributed by atoms with Gasteiger partial charge in [-0.25, -0.2) is 14.6 Å². The Bertz CT molecular complexity index is 1340. The van der Waals surface area contributed by atoms with Crippen molar-refractivity contribution >= 4 is 29.7 Å². The second kappa shape index (κ2) is 9.32. The normalized spacial score (nSPS) is 22.4. The fourth-order valence-corrected chi connectivity index (χ4v) is 5.93. The molecule has 37 heavy (non-hydrogen) atoms. The lowest BCUT2D eigenvalue weighted by Crippen LogP contribution is -2.54. The smallest absolute Gasteiger partial charge is 0.381 e. The van der Waals surface area contributed by atoms with Crippen LogP contribution in [0.15, 0.2) is 52.8 Å². The van der Waals surface area contributed by atoms with E-state index in [1.54, 1.807) is 37.5 Å². The highest BCUT2D eigenvalue weighted by Gasteiger charge is 2.57. The molecule has 0 bridgehead atoms. The third-order valence-electron chi connectivity index (χ3n) is 7.92. The highest BCUT2D eigenvalue weighted by Crippen LogP contribution is 2.49. The Morgan fingerprint density at radius 3 is 2.41 bits per heavy atom. The summed E-state index contributed by atoms with van der Waals surface area (Å²) in [6.45, 7) is 5.63. The van der Waals surface area contributed by atoms with Crippen LogP contribution in [0, 0.1) is 5.41 Å². The average Bonchev–Trinajstić information content (AvgIpc) is 3.29. The maximum absolute atomic E-state index is 14.2. The van der Waals surface area contributed by atoms with Crippen molar-refractivity contribution in [3.05, 3.63) is 58.8 Å². The van der Waals surface area contributed by atoms with E-state index in [1.165, 1.54) is 12.1 Å². The van der Waals surface area contributed by atoms with Gasteiger partial charge in [0.25, 0.3) is 0 Å². The minimum Gasteiger partial charge on any atom is -0.478 e. The molecule has 9 nitrogen and oxygen atoms in total. The average molecular weight is 503 g/mol. The molecule has 1 unspecified atom stereocenters. The molecule has 2 aliphatic heterocycles. The van der Waals surface area contributed by atoms with Crippen molar-refractivity contribution in [1.82, 2.24) is 10.3 Å². The van der Waals surface area contributed by atoms with Crippen LogP contribution in [-0.2, 0) is 4.79 Å². The van der Waals surface area contributed by atoms with E-state index in [-0.39, 0.29) is 33.3 Å². The van der Waals surface area contributed by atoms with Crippen molar-refractivity contribution in [1.29, 1.82) is 0 Å². The van der Waals surface area contributed by atoms with Crippen LogP contribution in [0.1, 0.15) is 60.2 Å². The van der Waals surface area contributed by atoms with Crippen LogP contribution in [0.2, 0.25) is 0 Å². The highest BCUT2D eigenvalue weighted by molar-refractivity contribution is 6.07. The molecule has 1 aromatic heterocycles. The zero-order chi connectivity index (χ0) is 26.4. The number of nitrogens with zero attached hydrogens (tertiary/aromatic N) is 3. The van der Waals surface area contributed by atoms with Crippen LogP contribution in [0.4, 0.5) is 5.82 Å². The van der Waals surface area contributed by atoms with Gasteiger partial charge in [-0.1, -0.05) is 21.8 Å². The Morgan fingerprint density at radius 2 is 1.78 bits per heavy atom. The first-order valence-electron chi connectivity index (χ1n) is 12.7. The number of carbonyl (C=O) groups excluding carboxylic acids is 2. The predicted molar refractivity (Wildman–Crippen MR) is 140 cm³/mol. The van der Waals surface area contributed by atoms with Crippen molar-refractivity contribution in [2.45, 2.75) is 45.6 Å². The van der Waals surface area contributed by atoms with E-state index in [0.29, 0.717) is 29.2 Å². The molecule has 2 aromatic rings. The number of anilines is 1. The molecule has 1 aromatic carbocycles. The minimum atomic E-state index is -0.998. The molecule has 9 heteroatoms. The zero-order valence-electron chi connectivity index (χ0n) is 21.4. The lowest BCUT2D eigenvalue weighted by Gasteiger charge is -2.41. The van der Waals surface area contributed by atoms with E-state index < -0.39 is 5.97 Å². The molecule has 1 spiro atoms. The standard InChI is InChI=1S/C28H31N5O4/c1-17(2)33(24-20(16-31-33)14-28(15-23(24)34)10-12-30-13-11-28)26(35)21-8-9-22(32-25(21)29-3)18-4-6-19(7-5-18)27(36)37/h4-9,16-17,30H,10-15H2,1-3H3,(H-,29,32,35,36,37)/p+1. The number of pyridine rings is 1. The number of allylic oxidation sites excluding steroid dienone is 2. The van der Waals surface area contributed by atoms with Crippen molar-refractivity contribution in [3.8, 4) is 11.3 Å². The number of carboxylic acid groups (broad SMARTS) is 1. The Hall–Kier alpha value is -3.69. The van der Waals surface area contributed by atoms with Crippen LogP contribution in [0.5, 0.6) is 0 Å². The summed E-state index contributed by atoms with van der Waals surface area (Å²) in [6.07, 6.45) is 4.85. The number of hydrogen-bond donors (Lipinski definition) is 3. The third-order valence-corrected chi connectivity index (χ3v) is 7.92. The summed E-state index contributed by atoms with van der Waals surface area (Å²) in [4.78, 5) is 43.8. The Morgan fingerprint density at radius 1 is 1.08 bits per heavy atom. The molecule has 192 valence electrons. The first kappa shape index (κ1) is 25.0. The molecule has 0 radical (unpaired) electrons. The van der Waals surface area contributed by atoms with Gasteiger partial charge in [0, 0.05) is 24.6 Å². The topological polar surface area (TPSA) is 121 Å². The van der Waals surface area contributed by atoms with Crippen LogP contribution in [0.3, 0.4) is 0 Å². The fraction of sp³-hybridized carbons (Fsp3) is 0.393. The molecular weight excluding hydrogens is 470 g/mol. The number of aromatic carboxylic acids is 1. The van der Waals surface area contributed by atoms with E-state index in [4.69, 9.17) is 10.2 Å². The first-order chi connectivity index (χ1) is 17.7. The number of nitrogens with one attached hydrogen (secondary N) is 2. The van der Waals surface area contributed by atoms with Crippen LogP contribution < -0.4 is 10.6 Å².